The van der Waals surface area contributed by atoms with E-state index < -0.39 is 16.1 Å². The largest absolute Gasteiger partial charge is 0.493 e. The zero-order valence-electron chi connectivity index (χ0n) is 14.9. The van der Waals surface area contributed by atoms with Crippen LogP contribution in [0.1, 0.15) is 6.42 Å². The number of anilines is 1. The average molecular weight is 392 g/mol. The van der Waals surface area contributed by atoms with Crippen molar-refractivity contribution in [3.05, 3.63) is 42.5 Å². The van der Waals surface area contributed by atoms with Crippen molar-refractivity contribution < 1.29 is 27.4 Å². The van der Waals surface area contributed by atoms with Crippen molar-refractivity contribution in [3.8, 4) is 17.2 Å². The molecule has 1 heterocycles. The number of ether oxygens (including phenoxy) is 3. The topological polar surface area (TPSA) is 103 Å². The van der Waals surface area contributed by atoms with Crippen LogP contribution >= 0.6 is 0 Å². The van der Waals surface area contributed by atoms with E-state index in [-0.39, 0.29) is 23.8 Å². The first-order chi connectivity index (χ1) is 12.9. The quantitative estimate of drug-likeness (QED) is 0.744. The fourth-order valence-electron chi connectivity index (χ4n) is 2.67. The Bertz CT molecular complexity index is 945. The zero-order valence-corrected chi connectivity index (χ0v) is 15.7. The Morgan fingerprint density at radius 3 is 2.59 bits per heavy atom. The highest BCUT2D eigenvalue weighted by atomic mass is 32.2. The molecule has 3 rings (SSSR count). The molecule has 0 saturated carbocycles. The molecule has 0 spiro atoms. The van der Waals surface area contributed by atoms with Crippen LogP contribution in [0.3, 0.4) is 0 Å². The summed E-state index contributed by atoms with van der Waals surface area (Å²) in [5, 5.41) is 2.75. The molecule has 0 aliphatic carbocycles. The third kappa shape index (κ3) is 4.15. The predicted molar refractivity (Wildman–Crippen MR) is 98.8 cm³/mol. The molecule has 2 aromatic rings. The second-order valence-corrected chi connectivity index (χ2v) is 7.56. The molecule has 1 unspecified atom stereocenters. The maximum absolute atomic E-state index is 12.5. The highest BCUT2D eigenvalue weighted by Crippen LogP contribution is 2.30. The van der Waals surface area contributed by atoms with Gasteiger partial charge in [-0.1, -0.05) is 12.1 Å². The summed E-state index contributed by atoms with van der Waals surface area (Å²) >= 11 is 0. The molecule has 1 atom stereocenters. The first-order valence-electron chi connectivity index (χ1n) is 8.23. The Hall–Kier alpha value is -2.78. The molecule has 0 fully saturated rings. The summed E-state index contributed by atoms with van der Waals surface area (Å²) in [5.74, 6) is 0.998. The Morgan fingerprint density at radius 1 is 1.11 bits per heavy atom. The van der Waals surface area contributed by atoms with E-state index in [4.69, 9.17) is 14.2 Å². The molecule has 2 N–H and O–H groups in total. The van der Waals surface area contributed by atoms with Crippen LogP contribution in [0.15, 0.2) is 47.4 Å². The van der Waals surface area contributed by atoms with Crippen LogP contribution < -0.4 is 24.2 Å². The second-order valence-electron chi connectivity index (χ2n) is 5.80. The number of benzene rings is 2. The lowest BCUT2D eigenvalue weighted by atomic mass is 10.2. The van der Waals surface area contributed by atoms with Crippen LogP contribution in [0.25, 0.3) is 0 Å². The van der Waals surface area contributed by atoms with Gasteiger partial charge in [-0.25, -0.2) is 13.1 Å². The molecule has 27 heavy (non-hydrogen) atoms. The van der Waals surface area contributed by atoms with Crippen molar-refractivity contribution in [1.29, 1.82) is 0 Å². The lowest BCUT2D eigenvalue weighted by Crippen LogP contribution is -2.39. The average Bonchev–Trinajstić information content (AvgIpc) is 2.67. The van der Waals surface area contributed by atoms with Gasteiger partial charge >= 0.3 is 0 Å². The number of amides is 1. The van der Waals surface area contributed by atoms with E-state index in [1.807, 2.05) is 0 Å². The molecule has 0 radical (unpaired) electrons. The number of carbonyl (C=O) groups excluding carboxylic acids is 1. The zero-order chi connectivity index (χ0) is 19.4. The molecule has 8 nitrogen and oxygen atoms in total. The van der Waals surface area contributed by atoms with Crippen LogP contribution in [-0.2, 0) is 14.8 Å². The van der Waals surface area contributed by atoms with Gasteiger partial charge in [0.05, 0.1) is 24.8 Å². The van der Waals surface area contributed by atoms with E-state index in [0.29, 0.717) is 22.9 Å². The Balaban J connectivity index is 1.64. The molecule has 1 aliphatic rings. The van der Waals surface area contributed by atoms with Crippen LogP contribution in [0.5, 0.6) is 17.2 Å². The fourth-order valence-corrected chi connectivity index (χ4v) is 3.74. The first kappa shape index (κ1) is 19.0. The Kier molecular flexibility index (Phi) is 5.52. The molecule has 144 valence electrons. The van der Waals surface area contributed by atoms with Gasteiger partial charge < -0.3 is 19.5 Å². The van der Waals surface area contributed by atoms with Gasteiger partial charge in [-0.05, 0) is 24.3 Å². The van der Waals surface area contributed by atoms with Crippen LogP contribution in [0.4, 0.5) is 5.69 Å². The minimum atomic E-state index is -3.77. The van der Waals surface area contributed by atoms with Crippen LogP contribution in [-0.4, -0.2) is 41.2 Å². The Morgan fingerprint density at radius 2 is 1.85 bits per heavy atom. The minimum Gasteiger partial charge on any atom is -0.493 e. The number of rotatable bonds is 7. The third-order valence-corrected chi connectivity index (χ3v) is 5.53. The van der Waals surface area contributed by atoms with Gasteiger partial charge in [-0.15, -0.1) is 0 Å². The van der Waals surface area contributed by atoms with Crippen LogP contribution in [0.2, 0.25) is 0 Å². The molecule has 1 amide bonds. The summed E-state index contributed by atoms with van der Waals surface area (Å²) in [6.45, 7) is 0.0386. The van der Waals surface area contributed by atoms with Crippen molar-refractivity contribution >= 4 is 21.6 Å². The van der Waals surface area contributed by atoms with Crippen molar-refractivity contribution in [1.82, 2.24) is 4.72 Å². The number of hydrogen-bond donors (Lipinski definition) is 2. The van der Waals surface area contributed by atoms with Gasteiger partial charge in [-0.2, -0.15) is 0 Å². The molecule has 0 bridgehead atoms. The molecule has 0 saturated heterocycles. The normalized spacial score (nSPS) is 16.1. The lowest BCUT2D eigenvalue weighted by Gasteiger charge is -2.25. The Labute approximate surface area is 157 Å². The fraction of sp³-hybridized carbons (Fsp3) is 0.278. The van der Waals surface area contributed by atoms with Crippen LogP contribution in [0, 0.1) is 0 Å². The summed E-state index contributed by atoms with van der Waals surface area (Å²) < 4.78 is 43.3. The van der Waals surface area contributed by atoms with E-state index in [1.165, 1.54) is 32.4 Å². The van der Waals surface area contributed by atoms with Gasteiger partial charge in [0.2, 0.25) is 10.0 Å². The summed E-state index contributed by atoms with van der Waals surface area (Å²) in [5.41, 5.74) is 0.602. The predicted octanol–water partition coefficient (Wildman–Crippen LogP) is 1.77. The highest BCUT2D eigenvalue weighted by Gasteiger charge is 2.27. The molecule has 1 aliphatic heterocycles. The summed E-state index contributed by atoms with van der Waals surface area (Å²) in [6, 6.07) is 11.4. The number of para-hydroxylation sites is 2. The smallest absolute Gasteiger partial charge is 0.265 e. The number of nitrogens with one attached hydrogen (secondary N) is 2. The van der Waals surface area contributed by atoms with E-state index in [1.54, 1.807) is 24.3 Å². The van der Waals surface area contributed by atoms with Crippen molar-refractivity contribution in [2.24, 2.45) is 0 Å². The molecule has 0 aromatic heterocycles. The van der Waals surface area contributed by atoms with Gasteiger partial charge in [0, 0.05) is 19.0 Å². The number of sulfonamides is 1. The molecule has 9 heteroatoms. The number of hydrogen-bond acceptors (Lipinski definition) is 6. The van der Waals surface area contributed by atoms with E-state index in [2.05, 4.69) is 10.0 Å². The molecule has 2 aromatic carbocycles. The third-order valence-electron chi connectivity index (χ3n) is 4.07. The lowest BCUT2D eigenvalue weighted by molar-refractivity contribution is -0.123. The van der Waals surface area contributed by atoms with Gasteiger partial charge in [0.15, 0.2) is 17.6 Å². The summed E-state index contributed by atoms with van der Waals surface area (Å²) in [6.07, 6.45) is -0.583. The van der Waals surface area contributed by atoms with E-state index >= 15 is 0 Å². The SMILES string of the molecule is COc1ccc(S(=O)(=O)NCCC2Oc3ccccc3NC2=O)cc1OC. The number of methoxy groups -OCH3 is 2. The van der Waals surface area contributed by atoms with Gasteiger partial charge in [-0.3, -0.25) is 4.79 Å². The van der Waals surface area contributed by atoms with E-state index in [0.717, 1.165) is 0 Å². The summed E-state index contributed by atoms with van der Waals surface area (Å²) in [4.78, 5) is 12.1. The van der Waals surface area contributed by atoms with Crippen molar-refractivity contribution in [3.63, 3.8) is 0 Å². The molecular formula is C18H20N2O6S. The molecular weight excluding hydrogens is 372 g/mol. The maximum atomic E-state index is 12.5. The van der Waals surface area contributed by atoms with E-state index in [9.17, 15) is 13.2 Å². The van der Waals surface area contributed by atoms with Crippen molar-refractivity contribution in [2.45, 2.75) is 17.4 Å². The van der Waals surface area contributed by atoms with Gasteiger partial charge in [0.1, 0.15) is 5.75 Å². The van der Waals surface area contributed by atoms with Crippen molar-refractivity contribution in [2.75, 3.05) is 26.1 Å². The number of carbonyl (C=O) groups is 1. The maximum Gasteiger partial charge on any atom is 0.265 e. The standard InChI is InChI=1S/C18H20N2O6S/c1-24-15-8-7-12(11-17(15)25-2)27(22,23)19-10-9-16-18(21)20-13-5-3-4-6-14(13)26-16/h3-8,11,16,19H,9-10H2,1-2H3,(H,20,21). The monoisotopic (exact) mass is 392 g/mol. The van der Waals surface area contributed by atoms with Gasteiger partial charge in [0.25, 0.3) is 5.91 Å². The minimum absolute atomic E-state index is 0.0386. The first-order valence-corrected chi connectivity index (χ1v) is 9.71. The highest BCUT2D eigenvalue weighted by molar-refractivity contribution is 7.89. The summed E-state index contributed by atoms with van der Waals surface area (Å²) in [7, 11) is -0.870. The second kappa shape index (κ2) is 7.85. The number of fused-ring (bicyclic) bond motifs is 1.